The third-order valence-corrected chi connectivity index (χ3v) is 3.08. The van der Waals surface area contributed by atoms with Crippen molar-refractivity contribution >= 4 is 17.8 Å². The molecule has 8 nitrogen and oxygen atoms in total. The minimum atomic E-state index is -0.941. The smallest absolute Gasteiger partial charge is 0.320 e. The molecule has 0 spiro atoms. The molecule has 1 aromatic carbocycles. The van der Waals surface area contributed by atoms with Crippen LogP contribution in [0, 0.1) is 0 Å². The van der Waals surface area contributed by atoms with Crippen LogP contribution in [0.5, 0.6) is 0 Å². The van der Waals surface area contributed by atoms with E-state index >= 15 is 0 Å². The monoisotopic (exact) mass is 321 g/mol. The van der Waals surface area contributed by atoms with Gasteiger partial charge in [0, 0.05) is 25.2 Å². The van der Waals surface area contributed by atoms with E-state index in [4.69, 9.17) is 16.6 Å². The molecule has 0 bridgehead atoms. The number of carbonyl (C=O) groups excluding carboxylic acids is 1. The molecule has 126 valence electrons. The molecule has 1 unspecified atom stereocenters. The summed E-state index contributed by atoms with van der Waals surface area (Å²) in [6.07, 6.45) is 0.955. The molecule has 0 aliphatic heterocycles. The molecule has 0 radical (unpaired) electrons. The Labute approximate surface area is 135 Å². The van der Waals surface area contributed by atoms with Gasteiger partial charge < -0.3 is 27.2 Å². The van der Waals surface area contributed by atoms with Crippen LogP contribution in [0.1, 0.15) is 23.2 Å². The SMILES string of the molecule is NC(N)=NCCCC(NCCNC(=O)c1ccccc1)C(=O)O. The molecule has 1 aromatic rings. The number of hydrogen-bond acceptors (Lipinski definition) is 4. The predicted octanol–water partition coefficient (Wildman–Crippen LogP) is -0.487. The number of nitrogens with two attached hydrogens (primary N) is 2. The molecule has 1 atom stereocenters. The number of aliphatic carboxylic acids is 1. The topological polar surface area (TPSA) is 143 Å². The minimum absolute atomic E-state index is 0.00606. The number of aliphatic imine (C=N–C) groups is 1. The summed E-state index contributed by atoms with van der Waals surface area (Å²) in [6.45, 7) is 1.09. The van der Waals surface area contributed by atoms with Crippen LogP contribution in [0.25, 0.3) is 0 Å². The zero-order valence-electron chi connectivity index (χ0n) is 12.9. The first-order valence-corrected chi connectivity index (χ1v) is 7.35. The summed E-state index contributed by atoms with van der Waals surface area (Å²) in [4.78, 5) is 26.7. The van der Waals surface area contributed by atoms with Gasteiger partial charge in [-0.1, -0.05) is 18.2 Å². The largest absolute Gasteiger partial charge is 0.480 e. The van der Waals surface area contributed by atoms with Crippen molar-refractivity contribution in [1.29, 1.82) is 0 Å². The Morgan fingerprint density at radius 3 is 2.48 bits per heavy atom. The maximum atomic E-state index is 11.8. The number of nitrogens with one attached hydrogen (secondary N) is 2. The number of hydrogen-bond donors (Lipinski definition) is 5. The van der Waals surface area contributed by atoms with Crippen LogP contribution in [0.3, 0.4) is 0 Å². The van der Waals surface area contributed by atoms with Gasteiger partial charge in [-0.3, -0.25) is 14.6 Å². The fraction of sp³-hybridized carbons (Fsp3) is 0.400. The van der Waals surface area contributed by atoms with E-state index in [1.807, 2.05) is 6.07 Å². The van der Waals surface area contributed by atoms with Gasteiger partial charge in [-0.05, 0) is 25.0 Å². The van der Waals surface area contributed by atoms with Gasteiger partial charge in [-0.2, -0.15) is 0 Å². The second kappa shape index (κ2) is 10.2. The van der Waals surface area contributed by atoms with Gasteiger partial charge in [0.2, 0.25) is 0 Å². The van der Waals surface area contributed by atoms with Crippen LogP contribution in [0.15, 0.2) is 35.3 Å². The molecule has 0 saturated carbocycles. The van der Waals surface area contributed by atoms with Crippen molar-refractivity contribution in [3.05, 3.63) is 35.9 Å². The molecule has 1 amide bonds. The van der Waals surface area contributed by atoms with E-state index in [0.717, 1.165) is 0 Å². The maximum Gasteiger partial charge on any atom is 0.320 e. The molecule has 0 saturated heterocycles. The molecule has 1 rings (SSSR count). The van der Waals surface area contributed by atoms with E-state index in [0.29, 0.717) is 38.0 Å². The van der Waals surface area contributed by atoms with Crippen molar-refractivity contribution in [2.24, 2.45) is 16.5 Å². The van der Waals surface area contributed by atoms with Gasteiger partial charge >= 0.3 is 5.97 Å². The van der Waals surface area contributed by atoms with E-state index in [9.17, 15) is 9.59 Å². The summed E-state index contributed by atoms with van der Waals surface area (Å²) >= 11 is 0. The van der Waals surface area contributed by atoms with Crippen LogP contribution in [0.2, 0.25) is 0 Å². The zero-order valence-corrected chi connectivity index (χ0v) is 12.9. The van der Waals surface area contributed by atoms with Crippen molar-refractivity contribution in [2.45, 2.75) is 18.9 Å². The summed E-state index contributed by atoms with van der Waals surface area (Å²) < 4.78 is 0. The van der Waals surface area contributed by atoms with Crippen LogP contribution >= 0.6 is 0 Å². The van der Waals surface area contributed by atoms with Crippen LogP contribution in [0.4, 0.5) is 0 Å². The molecule has 7 N–H and O–H groups in total. The highest BCUT2D eigenvalue weighted by Crippen LogP contribution is 1.99. The molecule has 0 aliphatic carbocycles. The molecular weight excluding hydrogens is 298 g/mol. The van der Waals surface area contributed by atoms with E-state index < -0.39 is 12.0 Å². The van der Waals surface area contributed by atoms with Crippen LogP contribution in [-0.2, 0) is 4.79 Å². The standard InChI is InChI=1S/C15H23N5O3/c16-15(17)20-8-4-7-12(14(22)23)18-9-10-19-13(21)11-5-2-1-3-6-11/h1-3,5-6,12,18H,4,7-10H2,(H,19,21)(H,22,23)(H4,16,17,20). The number of rotatable bonds is 10. The highest BCUT2D eigenvalue weighted by atomic mass is 16.4. The lowest BCUT2D eigenvalue weighted by Gasteiger charge is -2.14. The lowest BCUT2D eigenvalue weighted by atomic mass is 10.1. The number of carboxylic acid groups (broad SMARTS) is 1. The summed E-state index contributed by atoms with van der Waals surface area (Å²) in [6, 6.07) is 8.13. The van der Waals surface area contributed by atoms with Gasteiger partial charge in [-0.15, -0.1) is 0 Å². The third kappa shape index (κ3) is 7.82. The van der Waals surface area contributed by atoms with Crippen molar-refractivity contribution in [3.63, 3.8) is 0 Å². The Kier molecular flexibility index (Phi) is 8.16. The average molecular weight is 321 g/mol. The molecule has 0 aliphatic rings. The number of guanidine groups is 1. The fourth-order valence-electron chi connectivity index (χ4n) is 1.93. The van der Waals surface area contributed by atoms with Crippen molar-refractivity contribution in [3.8, 4) is 0 Å². The molecular formula is C15H23N5O3. The van der Waals surface area contributed by atoms with E-state index in [-0.39, 0.29) is 11.9 Å². The van der Waals surface area contributed by atoms with Gasteiger partial charge in [0.25, 0.3) is 5.91 Å². The number of carbonyl (C=O) groups is 2. The Balaban J connectivity index is 2.26. The summed E-state index contributed by atoms with van der Waals surface area (Å²) in [5.41, 5.74) is 11.0. The summed E-state index contributed by atoms with van der Waals surface area (Å²) in [5, 5.41) is 14.7. The first-order chi connectivity index (χ1) is 11.0. The minimum Gasteiger partial charge on any atom is -0.480 e. The lowest BCUT2D eigenvalue weighted by Crippen LogP contribution is -2.41. The zero-order chi connectivity index (χ0) is 17.1. The van der Waals surface area contributed by atoms with E-state index in [1.165, 1.54) is 0 Å². The molecule has 0 heterocycles. The van der Waals surface area contributed by atoms with Gasteiger partial charge in [0.15, 0.2) is 5.96 Å². The Hall–Kier alpha value is -2.61. The Morgan fingerprint density at radius 2 is 1.87 bits per heavy atom. The normalized spacial score (nSPS) is 11.5. The maximum absolute atomic E-state index is 11.8. The summed E-state index contributed by atoms with van der Waals surface area (Å²) in [5.74, 6) is -1.13. The van der Waals surface area contributed by atoms with Crippen LogP contribution in [-0.4, -0.2) is 48.6 Å². The molecule has 8 heteroatoms. The summed E-state index contributed by atoms with van der Waals surface area (Å²) in [7, 11) is 0. The number of nitrogens with zero attached hydrogens (tertiary/aromatic N) is 1. The highest BCUT2D eigenvalue weighted by molar-refractivity contribution is 5.94. The fourth-order valence-corrected chi connectivity index (χ4v) is 1.93. The Bertz CT molecular complexity index is 529. The molecule has 0 aromatic heterocycles. The van der Waals surface area contributed by atoms with Gasteiger partial charge in [-0.25, -0.2) is 0 Å². The number of amides is 1. The van der Waals surface area contributed by atoms with E-state index in [1.54, 1.807) is 24.3 Å². The molecule has 23 heavy (non-hydrogen) atoms. The Morgan fingerprint density at radius 1 is 1.17 bits per heavy atom. The first-order valence-electron chi connectivity index (χ1n) is 7.35. The first kappa shape index (κ1) is 18.4. The third-order valence-electron chi connectivity index (χ3n) is 3.08. The van der Waals surface area contributed by atoms with Gasteiger partial charge in [0.05, 0.1) is 0 Å². The number of carboxylic acids is 1. The second-order valence-electron chi connectivity index (χ2n) is 4.92. The second-order valence-corrected chi connectivity index (χ2v) is 4.92. The van der Waals surface area contributed by atoms with E-state index in [2.05, 4.69) is 15.6 Å². The molecule has 0 fully saturated rings. The van der Waals surface area contributed by atoms with Crippen molar-refractivity contribution in [2.75, 3.05) is 19.6 Å². The average Bonchev–Trinajstić information content (AvgIpc) is 2.53. The number of benzene rings is 1. The van der Waals surface area contributed by atoms with Crippen molar-refractivity contribution < 1.29 is 14.7 Å². The lowest BCUT2D eigenvalue weighted by molar-refractivity contribution is -0.139. The predicted molar refractivity (Wildman–Crippen MR) is 88.1 cm³/mol. The highest BCUT2D eigenvalue weighted by Gasteiger charge is 2.15. The van der Waals surface area contributed by atoms with Crippen LogP contribution < -0.4 is 22.1 Å². The van der Waals surface area contributed by atoms with Crippen molar-refractivity contribution in [1.82, 2.24) is 10.6 Å². The van der Waals surface area contributed by atoms with Gasteiger partial charge in [0.1, 0.15) is 6.04 Å². The quantitative estimate of drug-likeness (QED) is 0.224.